The van der Waals surface area contributed by atoms with Gasteiger partial charge in [0.1, 0.15) is 18.2 Å². The first-order valence-corrected chi connectivity index (χ1v) is 9.71. The number of carbonyl (C=O) groups is 2. The fourth-order valence-electron chi connectivity index (χ4n) is 3.46. The van der Waals surface area contributed by atoms with E-state index in [4.69, 9.17) is 4.74 Å². The molecule has 2 fully saturated rings. The quantitative estimate of drug-likeness (QED) is 0.833. The number of hydrogen-bond acceptors (Lipinski definition) is 3. The van der Waals surface area contributed by atoms with Crippen LogP contribution in [0.3, 0.4) is 0 Å². The Labute approximate surface area is 163 Å². The minimum Gasteiger partial charge on any atom is -0.491 e. The van der Waals surface area contributed by atoms with Crippen LogP contribution in [0.5, 0.6) is 5.75 Å². The Morgan fingerprint density at radius 2 is 1.82 bits per heavy atom. The summed E-state index contributed by atoms with van der Waals surface area (Å²) in [6.45, 7) is 0.940. The molecule has 1 saturated heterocycles. The van der Waals surface area contributed by atoms with Crippen LogP contribution in [0.15, 0.2) is 48.5 Å². The molecule has 1 atom stereocenters. The molecule has 146 valence electrons. The summed E-state index contributed by atoms with van der Waals surface area (Å²) in [7, 11) is 0. The molecule has 0 spiro atoms. The fraction of sp³-hybridized carbons (Fsp3) is 0.364. The molecule has 2 aliphatic rings. The van der Waals surface area contributed by atoms with Crippen LogP contribution >= 0.6 is 0 Å². The molecule has 0 radical (unpaired) electrons. The van der Waals surface area contributed by atoms with Crippen LogP contribution in [0.4, 0.5) is 4.39 Å². The van der Waals surface area contributed by atoms with Crippen molar-refractivity contribution in [1.82, 2.24) is 10.2 Å². The van der Waals surface area contributed by atoms with E-state index in [0.717, 1.165) is 25.7 Å². The van der Waals surface area contributed by atoms with E-state index in [2.05, 4.69) is 5.32 Å². The molecular formula is C22H23FN2O3. The summed E-state index contributed by atoms with van der Waals surface area (Å²) in [5.41, 5.74) is 0.705. The smallest absolute Gasteiger partial charge is 0.257 e. The Balaban J connectivity index is 1.35. The Bertz CT molecular complexity index is 864. The molecule has 1 N–H and O–H groups in total. The molecule has 1 aliphatic heterocycles. The number of nitrogens with zero attached hydrogens (tertiary/aromatic N) is 1. The first-order valence-electron chi connectivity index (χ1n) is 9.71. The Morgan fingerprint density at radius 1 is 1.07 bits per heavy atom. The van der Waals surface area contributed by atoms with Gasteiger partial charge in [-0.1, -0.05) is 12.1 Å². The van der Waals surface area contributed by atoms with Crippen molar-refractivity contribution >= 4 is 11.8 Å². The van der Waals surface area contributed by atoms with E-state index in [0.29, 0.717) is 30.5 Å². The molecular weight excluding hydrogens is 359 g/mol. The minimum atomic E-state index is -0.501. The van der Waals surface area contributed by atoms with Gasteiger partial charge >= 0.3 is 0 Å². The highest BCUT2D eigenvalue weighted by molar-refractivity contribution is 5.95. The lowest BCUT2D eigenvalue weighted by molar-refractivity contribution is 0.0686. The zero-order valence-electron chi connectivity index (χ0n) is 15.6. The van der Waals surface area contributed by atoms with Gasteiger partial charge in [-0.25, -0.2) is 4.39 Å². The van der Waals surface area contributed by atoms with Gasteiger partial charge in [-0.3, -0.25) is 9.59 Å². The van der Waals surface area contributed by atoms with Crippen LogP contribution < -0.4 is 10.1 Å². The van der Waals surface area contributed by atoms with E-state index >= 15 is 0 Å². The lowest BCUT2D eigenvalue weighted by Gasteiger charge is -2.25. The number of nitrogens with one attached hydrogen (secondary N) is 1. The molecule has 0 bridgehead atoms. The second kappa shape index (κ2) is 8.00. The van der Waals surface area contributed by atoms with Crippen molar-refractivity contribution in [3.8, 4) is 5.75 Å². The predicted molar refractivity (Wildman–Crippen MR) is 103 cm³/mol. The summed E-state index contributed by atoms with van der Waals surface area (Å²) >= 11 is 0. The molecule has 1 aliphatic carbocycles. The van der Waals surface area contributed by atoms with E-state index in [1.165, 1.54) is 12.1 Å². The van der Waals surface area contributed by atoms with Crippen LogP contribution in [0.2, 0.25) is 0 Å². The highest BCUT2D eigenvalue weighted by Crippen LogP contribution is 2.23. The predicted octanol–water partition coefficient (Wildman–Crippen LogP) is 3.40. The maximum atomic E-state index is 13.9. The first kappa shape index (κ1) is 18.5. The molecule has 28 heavy (non-hydrogen) atoms. The highest BCUT2D eigenvalue weighted by Gasteiger charge is 2.31. The summed E-state index contributed by atoms with van der Waals surface area (Å²) in [4.78, 5) is 26.4. The van der Waals surface area contributed by atoms with E-state index in [1.54, 1.807) is 41.3 Å². The standard InChI is InChI=1S/C22H23FN2O3/c23-20-6-2-1-5-19(20)22(27)25-13-3-4-17(25)14-28-18-11-7-15(8-12-18)21(26)24-16-9-10-16/h1-2,5-8,11-12,16-17H,3-4,9-10,13-14H2,(H,24,26)/t17-/m0/s1. The molecule has 2 amide bonds. The van der Waals surface area contributed by atoms with Crippen molar-refractivity contribution < 1.29 is 18.7 Å². The first-order chi connectivity index (χ1) is 13.6. The van der Waals surface area contributed by atoms with Crippen LogP contribution in [0, 0.1) is 5.82 Å². The highest BCUT2D eigenvalue weighted by atomic mass is 19.1. The Hall–Kier alpha value is -2.89. The Morgan fingerprint density at radius 3 is 2.54 bits per heavy atom. The average Bonchev–Trinajstić information content (AvgIpc) is 3.40. The maximum Gasteiger partial charge on any atom is 0.257 e. The summed E-state index contributed by atoms with van der Waals surface area (Å²) in [6.07, 6.45) is 3.80. The van der Waals surface area contributed by atoms with Crippen LogP contribution in [-0.4, -0.2) is 41.9 Å². The minimum absolute atomic E-state index is 0.0634. The summed E-state index contributed by atoms with van der Waals surface area (Å²) < 4.78 is 19.8. The third-order valence-corrected chi connectivity index (χ3v) is 5.21. The Kier molecular flexibility index (Phi) is 5.28. The summed E-state index contributed by atoms with van der Waals surface area (Å²) in [5.74, 6) is -0.213. The monoisotopic (exact) mass is 382 g/mol. The van der Waals surface area contributed by atoms with Gasteiger partial charge < -0.3 is 15.0 Å². The number of carbonyl (C=O) groups excluding carboxylic acids is 2. The number of rotatable bonds is 6. The second-order valence-electron chi connectivity index (χ2n) is 7.36. The van der Waals surface area contributed by atoms with Gasteiger partial charge in [0.15, 0.2) is 0 Å². The molecule has 2 aromatic carbocycles. The third kappa shape index (κ3) is 4.16. The van der Waals surface area contributed by atoms with Crippen molar-refractivity contribution in [2.24, 2.45) is 0 Å². The molecule has 2 aromatic rings. The van der Waals surface area contributed by atoms with Gasteiger partial charge in [-0.15, -0.1) is 0 Å². The zero-order chi connectivity index (χ0) is 19.5. The molecule has 1 saturated carbocycles. The van der Waals surface area contributed by atoms with Crippen molar-refractivity contribution in [3.05, 3.63) is 65.5 Å². The van der Waals surface area contributed by atoms with Gasteiger partial charge in [0.2, 0.25) is 0 Å². The van der Waals surface area contributed by atoms with Crippen molar-refractivity contribution in [3.63, 3.8) is 0 Å². The number of hydrogen-bond donors (Lipinski definition) is 1. The van der Waals surface area contributed by atoms with Crippen LogP contribution in [-0.2, 0) is 0 Å². The topological polar surface area (TPSA) is 58.6 Å². The van der Waals surface area contributed by atoms with Gasteiger partial charge in [-0.05, 0) is 62.1 Å². The molecule has 4 rings (SSSR count). The number of amides is 2. The molecule has 6 heteroatoms. The number of likely N-dealkylation sites (tertiary alicyclic amines) is 1. The second-order valence-corrected chi connectivity index (χ2v) is 7.36. The normalized spacial score (nSPS) is 18.8. The van der Waals surface area contributed by atoms with Crippen molar-refractivity contribution in [2.45, 2.75) is 37.8 Å². The van der Waals surface area contributed by atoms with E-state index in [9.17, 15) is 14.0 Å². The summed E-state index contributed by atoms with van der Waals surface area (Å²) in [6, 6.07) is 13.3. The maximum absolute atomic E-state index is 13.9. The lowest BCUT2D eigenvalue weighted by atomic mass is 10.1. The SMILES string of the molecule is O=C(NC1CC1)c1ccc(OC[C@@H]2CCCN2C(=O)c2ccccc2F)cc1. The van der Waals surface area contributed by atoms with Gasteiger partial charge in [0, 0.05) is 18.2 Å². The van der Waals surface area contributed by atoms with Crippen molar-refractivity contribution in [2.75, 3.05) is 13.2 Å². The fourth-order valence-corrected chi connectivity index (χ4v) is 3.46. The molecule has 1 heterocycles. The van der Waals surface area contributed by atoms with Gasteiger partial charge in [-0.2, -0.15) is 0 Å². The summed E-state index contributed by atoms with van der Waals surface area (Å²) in [5, 5.41) is 2.95. The number of benzene rings is 2. The zero-order valence-corrected chi connectivity index (χ0v) is 15.6. The average molecular weight is 382 g/mol. The van der Waals surface area contributed by atoms with Crippen LogP contribution in [0.1, 0.15) is 46.4 Å². The number of halogens is 1. The van der Waals surface area contributed by atoms with E-state index in [1.807, 2.05) is 0 Å². The third-order valence-electron chi connectivity index (χ3n) is 5.21. The van der Waals surface area contributed by atoms with Gasteiger partial charge in [0.25, 0.3) is 11.8 Å². The molecule has 0 aromatic heterocycles. The van der Waals surface area contributed by atoms with Gasteiger partial charge in [0.05, 0.1) is 11.6 Å². The number of ether oxygens (including phenoxy) is 1. The van der Waals surface area contributed by atoms with E-state index in [-0.39, 0.29) is 23.4 Å². The lowest BCUT2D eigenvalue weighted by Crippen LogP contribution is -2.39. The van der Waals surface area contributed by atoms with Crippen molar-refractivity contribution in [1.29, 1.82) is 0 Å². The molecule has 5 nitrogen and oxygen atoms in total. The molecule has 0 unspecified atom stereocenters. The largest absolute Gasteiger partial charge is 0.491 e. The van der Waals surface area contributed by atoms with E-state index < -0.39 is 5.82 Å². The van der Waals surface area contributed by atoms with Crippen LogP contribution in [0.25, 0.3) is 0 Å².